The quantitative estimate of drug-likeness (QED) is 0.0310. The van der Waals surface area contributed by atoms with Crippen LogP contribution < -0.4 is 16.0 Å². The molecule has 120 heavy (non-hydrogen) atoms. The third kappa shape index (κ3) is 74.6. The fourth-order valence-electron chi connectivity index (χ4n) is 13.3. The molecule has 0 fully saturated rings. The van der Waals surface area contributed by atoms with Crippen LogP contribution in [0.1, 0.15) is 408 Å². The van der Waals surface area contributed by atoms with Gasteiger partial charge in [-0.25, -0.2) is 4.68 Å². The molecule has 2 unspecified atom stereocenters. The molecule has 0 bridgehead atoms. The minimum Gasteiger partial charge on any atom is -0.462 e. The standard InChI is InChI=1S/C49H88N6O9S.C44H82N2O8S/c1-5-9-11-13-15-17-19-21-23-25-27-29-47(59)62-40-43(64-48(60)30-28-26-24-22-20-18-16-14-12-10-6-2)41-63-49(61)39-55-38-42(52-53-55)37-51-45(57)31-35-65-36-34-54(46(58)8-4)33-32-50-44(56)7-3;1-5-9-11-13-15-17-19-21-23-25-27-29-42(49)52-37-39(54-44(51)30-28-26-24-22-20-18-16-14-12-10-6-2)38-53-43(50)31-35-55-36-34-46(41(48)8-4)33-32-45-40(47)7-3/h38,43H,5-37,39-41H2,1-4H3,(H,50,56)(H,51,57);39H,5-38H2,1-4H3,(H,45,47). The molecule has 25 nitrogen and oxygen atoms in total. The van der Waals surface area contributed by atoms with E-state index in [1.54, 1.807) is 60.3 Å². The highest BCUT2D eigenvalue weighted by atomic mass is 32.2. The summed E-state index contributed by atoms with van der Waals surface area (Å²) in [5.41, 5.74) is 0.460. The van der Waals surface area contributed by atoms with Crippen molar-refractivity contribution in [3.8, 4) is 0 Å². The van der Waals surface area contributed by atoms with Gasteiger partial charge in [0.15, 0.2) is 12.2 Å². The van der Waals surface area contributed by atoms with Crippen LogP contribution in [0.3, 0.4) is 0 Å². The Morgan fingerprint density at radius 1 is 0.325 bits per heavy atom. The molecule has 5 amide bonds. The molecule has 0 saturated heterocycles. The van der Waals surface area contributed by atoms with Gasteiger partial charge in [0.2, 0.25) is 29.5 Å². The molecular weight excluding hydrogens is 1570 g/mol. The molecule has 27 heteroatoms. The van der Waals surface area contributed by atoms with Gasteiger partial charge < -0.3 is 54.2 Å². The number of ether oxygens (including phenoxy) is 6. The van der Waals surface area contributed by atoms with Crippen molar-refractivity contribution in [1.29, 1.82) is 0 Å². The first kappa shape index (κ1) is 114. The molecule has 2 atom stereocenters. The van der Waals surface area contributed by atoms with E-state index in [4.69, 9.17) is 28.4 Å². The van der Waals surface area contributed by atoms with E-state index in [1.165, 1.54) is 204 Å². The monoisotopic (exact) mass is 1740 g/mol. The van der Waals surface area contributed by atoms with Crippen molar-refractivity contribution in [2.24, 2.45) is 0 Å². The van der Waals surface area contributed by atoms with Crippen LogP contribution in [0, 0.1) is 0 Å². The van der Waals surface area contributed by atoms with E-state index >= 15 is 0 Å². The first-order chi connectivity index (χ1) is 58.4. The van der Waals surface area contributed by atoms with Crippen molar-refractivity contribution in [2.75, 3.05) is 88.7 Å². The summed E-state index contributed by atoms with van der Waals surface area (Å²) in [6.07, 6.45) is 55.1. The van der Waals surface area contributed by atoms with E-state index in [9.17, 15) is 52.7 Å². The molecule has 0 radical (unpaired) electrons. The molecule has 1 aromatic rings. The second kappa shape index (κ2) is 85.2. The predicted molar refractivity (Wildman–Crippen MR) is 484 cm³/mol. The van der Waals surface area contributed by atoms with Crippen molar-refractivity contribution in [3.63, 3.8) is 0 Å². The molecule has 1 rings (SSSR count). The molecule has 0 aliphatic heterocycles. The highest BCUT2D eigenvalue weighted by Crippen LogP contribution is 2.19. The van der Waals surface area contributed by atoms with Gasteiger partial charge >= 0.3 is 35.8 Å². The first-order valence-electron chi connectivity index (χ1n) is 47.8. The Hall–Kier alpha value is -5.99. The maximum atomic E-state index is 12.8. The summed E-state index contributed by atoms with van der Waals surface area (Å²) in [5.74, 6) is -0.348. The van der Waals surface area contributed by atoms with Crippen LogP contribution in [-0.2, 0) is 94.3 Å². The molecule has 696 valence electrons. The number of hydrogen-bond donors (Lipinski definition) is 3. The number of carbonyl (C=O) groups is 11. The lowest BCUT2D eigenvalue weighted by Crippen LogP contribution is -2.39. The second-order valence-electron chi connectivity index (χ2n) is 31.9. The molecule has 1 heterocycles. The number of hydrogen-bond acceptors (Lipinski definition) is 21. The van der Waals surface area contributed by atoms with Crippen molar-refractivity contribution in [2.45, 2.75) is 427 Å². The SMILES string of the molecule is CCCCCCCCCCCCCC(=O)OCC(COC(=O)CCSCCN(CCNC(=O)CC)C(=O)CC)OC(=O)CCCCCCCCCCCCC.CCCCCCCCCCCCCC(=O)OCC(COC(=O)Cn1cc(CNC(=O)CCSCCN(CCNC(=O)CC)C(=O)CC)nn1)OC(=O)CCCCCCCCCCCCC. The normalized spacial score (nSPS) is 11.5. The number of thioether (sulfide) groups is 2. The fourth-order valence-corrected chi connectivity index (χ4v) is 15.1. The lowest BCUT2D eigenvalue weighted by Gasteiger charge is -2.22. The van der Waals surface area contributed by atoms with Crippen LogP contribution in [0.4, 0.5) is 0 Å². The number of nitrogens with zero attached hydrogens (tertiary/aromatic N) is 5. The zero-order valence-electron chi connectivity index (χ0n) is 76.7. The van der Waals surface area contributed by atoms with Gasteiger partial charge in [0.25, 0.3) is 0 Å². The second-order valence-corrected chi connectivity index (χ2v) is 34.3. The Morgan fingerprint density at radius 2 is 0.617 bits per heavy atom. The molecule has 0 saturated carbocycles. The van der Waals surface area contributed by atoms with E-state index in [-0.39, 0.29) is 119 Å². The molecule has 0 aliphatic rings. The van der Waals surface area contributed by atoms with Gasteiger partial charge in [-0.05, 0) is 25.7 Å². The summed E-state index contributed by atoms with van der Waals surface area (Å²) in [4.78, 5) is 140. The van der Waals surface area contributed by atoms with E-state index < -0.39 is 30.1 Å². The van der Waals surface area contributed by atoms with Crippen LogP contribution in [0.5, 0.6) is 0 Å². The van der Waals surface area contributed by atoms with Gasteiger partial charge in [-0.1, -0.05) is 317 Å². The Labute approximate surface area is 734 Å². The molecular formula is C93H170N8O17S2. The van der Waals surface area contributed by atoms with E-state index in [2.05, 4.69) is 54.0 Å². The van der Waals surface area contributed by atoms with Gasteiger partial charge in [0.1, 0.15) is 38.7 Å². The lowest BCUT2D eigenvalue weighted by atomic mass is 10.1. The van der Waals surface area contributed by atoms with Crippen molar-refractivity contribution in [1.82, 2.24) is 40.7 Å². The smallest absolute Gasteiger partial charge is 0.327 e. The highest BCUT2D eigenvalue weighted by Gasteiger charge is 2.23. The summed E-state index contributed by atoms with van der Waals surface area (Å²) in [6.45, 7) is 18.0. The Balaban J connectivity index is 0.00000239. The van der Waals surface area contributed by atoms with Gasteiger partial charge in [-0.3, -0.25) is 52.7 Å². The number of carbonyl (C=O) groups excluding carboxylic acids is 11. The molecule has 1 aromatic heterocycles. The Kier molecular flexibility index (Phi) is 80.9. The molecule has 0 spiro atoms. The summed E-state index contributed by atoms with van der Waals surface area (Å²) in [6, 6.07) is 0. The van der Waals surface area contributed by atoms with E-state index in [1.807, 2.05) is 6.92 Å². The maximum Gasteiger partial charge on any atom is 0.327 e. The topological polar surface area (TPSA) is 316 Å². The first-order valence-corrected chi connectivity index (χ1v) is 50.1. The van der Waals surface area contributed by atoms with Crippen molar-refractivity contribution >= 4 is 88.9 Å². The Bertz CT molecular complexity index is 2730. The minimum atomic E-state index is -0.933. The van der Waals surface area contributed by atoms with Crippen LogP contribution in [-0.4, -0.2) is 191 Å². The molecule has 3 N–H and O–H groups in total. The van der Waals surface area contributed by atoms with Gasteiger partial charge in [0.05, 0.1) is 19.2 Å². The predicted octanol–water partition coefficient (Wildman–Crippen LogP) is 19.5. The summed E-state index contributed by atoms with van der Waals surface area (Å²) in [5, 5.41) is 16.4. The lowest BCUT2D eigenvalue weighted by molar-refractivity contribution is -0.167. The average Bonchev–Trinajstić information content (AvgIpc) is 1.77. The number of nitrogens with one attached hydrogen (secondary N) is 3. The number of amides is 5. The van der Waals surface area contributed by atoms with Crippen LogP contribution in [0.15, 0.2) is 6.20 Å². The van der Waals surface area contributed by atoms with Gasteiger partial charge in [0, 0.05) is 120 Å². The zero-order valence-corrected chi connectivity index (χ0v) is 78.4. The summed E-state index contributed by atoms with van der Waals surface area (Å²) < 4.78 is 34.5. The maximum absolute atomic E-state index is 12.8. The molecule has 0 aromatic carbocycles. The fraction of sp³-hybridized carbons (Fsp3) is 0.860. The minimum absolute atomic E-state index is 0.0213. The van der Waals surface area contributed by atoms with Crippen LogP contribution >= 0.6 is 23.5 Å². The zero-order chi connectivity index (χ0) is 88.2. The Morgan fingerprint density at radius 3 is 0.933 bits per heavy atom. The largest absolute Gasteiger partial charge is 0.462 e. The van der Waals surface area contributed by atoms with E-state index in [0.717, 1.165) is 77.0 Å². The molecule has 0 aliphatic carbocycles. The summed E-state index contributed by atoms with van der Waals surface area (Å²) in [7, 11) is 0. The average molecular weight is 1740 g/mol. The third-order valence-corrected chi connectivity index (χ3v) is 22.8. The van der Waals surface area contributed by atoms with E-state index in [0.29, 0.717) is 106 Å². The van der Waals surface area contributed by atoms with Crippen molar-refractivity contribution < 1.29 is 81.2 Å². The van der Waals surface area contributed by atoms with Crippen molar-refractivity contribution in [3.05, 3.63) is 11.9 Å². The number of esters is 6. The summed E-state index contributed by atoms with van der Waals surface area (Å²) >= 11 is 3.11. The van der Waals surface area contributed by atoms with Gasteiger partial charge in [-0.2, -0.15) is 23.5 Å². The number of aromatic nitrogens is 3. The number of rotatable bonds is 84. The number of unbranched alkanes of at least 4 members (excludes halogenated alkanes) is 40. The van der Waals surface area contributed by atoms with Crippen LogP contribution in [0.25, 0.3) is 0 Å². The third-order valence-electron chi connectivity index (χ3n) is 20.9. The van der Waals surface area contributed by atoms with Crippen LogP contribution in [0.2, 0.25) is 0 Å². The highest BCUT2D eigenvalue weighted by molar-refractivity contribution is 7.99. The van der Waals surface area contributed by atoms with Gasteiger partial charge in [-0.15, -0.1) is 5.10 Å².